The molecular formula is C14H21IN6. The zero-order valence-corrected chi connectivity index (χ0v) is 14.6. The number of imidazole rings is 1. The van der Waals surface area contributed by atoms with E-state index in [-0.39, 0.29) is 24.0 Å². The van der Waals surface area contributed by atoms with Crippen molar-refractivity contribution in [3.05, 3.63) is 42.6 Å². The number of hydrogen-bond donors (Lipinski definition) is 2. The van der Waals surface area contributed by atoms with E-state index in [1.165, 1.54) is 0 Å². The summed E-state index contributed by atoms with van der Waals surface area (Å²) in [5.41, 5.74) is 1.10. The van der Waals surface area contributed by atoms with Gasteiger partial charge in [0.2, 0.25) is 0 Å². The Morgan fingerprint density at radius 3 is 2.76 bits per heavy atom. The maximum absolute atomic E-state index is 4.41. The molecule has 2 heterocycles. The number of aromatic nitrogens is 3. The molecule has 0 aromatic carbocycles. The summed E-state index contributed by atoms with van der Waals surface area (Å²) < 4.78 is 1.87. The number of nitrogens with one attached hydrogen (secondary N) is 2. The van der Waals surface area contributed by atoms with Gasteiger partial charge in [0.15, 0.2) is 5.96 Å². The normalized spacial score (nSPS) is 10.9. The number of aliphatic imine (C=N–C) groups is 1. The Kier molecular flexibility index (Phi) is 7.73. The van der Waals surface area contributed by atoms with Crippen LogP contribution in [0.5, 0.6) is 0 Å². The summed E-state index contributed by atoms with van der Waals surface area (Å²) >= 11 is 0. The molecule has 0 saturated heterocycles. The van der Waals surface area contributed by atoms with Crippen molar-refractivity contribution in [1.82, 2.24) is 25.2 Å². The van der Waals surface area contributed by atoms with Crippen LogP contribution in [0.1, 0.15) is 18.9 Å². The highest BCUT2D eigenvalue weighted by molar-refractivity contribution is 14.0. The molecule has 0 unspecified atom stereocenters. The minimum atomic E-state index is 0. The van der Waals surface area contributed by atoms with Crippen LogP contribution in [0.4, 0.5) is 0 Å². The van der Waals surface area contributed by atoms with Crippen molar-refractivity contribution in [2.45, 2.75) is 19.9 Å². The number of nitrogens with zero attached hydrogens (tertiary/aromatic N) is 4. The van der Waals surface area contributed by atoms with Gasteiger partial charge < -0.3 is 10.6 Å². The molecule has 0 atom stereocenters. The van der Waals surface area contributed by atoms with E-state index in [4.69, 9.17) is 0 Å². The first-order valence-electron chi connectivity index (χ1n) is 6.71. The van der Waals surface area contributed by atoms with Crippen molar-refractivity contribution >= 4 is 29.9 Å². The number of pyridine rings is 1. The van der Waals surface area contributed by atoms with Crippen LogP contribution in [-0.4, -0.2) is 34.1 Å². The van der Waals surface area contributed by atoms with Crippen LogP contribution in [0.15, 0.2) is 42.0 Å². The molecule has 0 bridgehead atoms. The Morgan fingerprint density at radius 2 is 2.19 bits per heavy atom. The minimum Gasteiger partial charge on any atom is -0.356 e. The molecular weight excluding hydrogens is 379 g/mol. The summed E-state index contributed by atoms with van der Waals surface area (Å²) in [6.45, 7) is 3.73. The van der Waals surface area contributed by atoms with Crippen LogP contribution in [0.2, 0.25) is 0 Å². The molecule has 2 aromatic rings. The molecule has 0 radical (unpaired) electrons. The molecule has 2 rings (SSSR count). The van der Waals surface area contributed by atoms with Gasteiger partial charge in [-0.1, -0.05) is 13.0 Å². The van der Waals surface area contributed by atoms with Crippen LogP contribution in [0.3, 0.4) is 0 Å². The van der Waals surface area contributed by atoms with E-state index in [0.717, 1.165) is 30.3 Å². The summed E-state index contributed by atoms with van der Waals surface area (Å²) in [5.74, 6) is 1.67. The van der Waals surface area contributed by atoms with Crippen LogP contribution in [0.25, 0.3) is 5.82 Å². The average Bonchev–Trinajstić information content (AvgIpc) is 3.02. The van der Waals surface area contributed by atoms with E-state index < -0.39 is 0 Å². The standard InChI is InChI=1S/C14H20N6.HI/c1-3-6-17-14(15-2)19-10-12-4-5-13(18-9-12)20-8-7-16-11-20;/h4-5,7-9,11H,3,6,10H2,1-2H3,(H2,15,17,19);1H. The van der Waals surface area contributed by atoms with E-state index in [1.807, 2.05) is 29.1 Å². The van der Waals surface area contributed by atoms with E-state index in [1.54, 1.807) is 19.6 Å². The van der Waals surface area contributed by atoms with Gasteiger partial charge in [-0.2, -0.15) is 0 Å². The lowest BCUT2D eigenvalue weighted by atomic mass is 10.3. The Balaban J connectivity index is 0.00000220. The maximum Gasteiger partial charge on any atom is 0.191 e. The van der Waals surface area contributed by atoms with Gasteiger partial charge in [0.1, 0.15) is 12.1 Å². The van der Waals surface area contributed by atoms with E-state index in [2.05, 4.69) is 32.5 Å². The van der Waals surface area contributed by atoms with Crippen LogP contribution in [0, 0.1) is 0 Å². The van der Waals surface area contributed by atoms with Crippen molar-refractivity contribution in [2.24, 2.45) is 4.99 Å². The van der Waals surface area contributed by atoms with Crippen molar-refractivity contribution in [3.63, 3.8) is 0 Å². The molecule has 21 heavy (non-hydrogen) atoms. The number of hydrogen-bond acceptors (Lipinski definition) is 3. The fraction of sp³-hybridized carbons (Fsp3) is 0.357. The zero-order valence-electron chi connectivity index (χ0n) is 12.3. The third kappa shape index (κ3) is 5.33. The molecule has 0 aliphatic carbocycles. The number of guanidine groups is 1. The van der Waals surface area contributed by atoms with Crippen molar-refractivity contribution in [2.75, 3.05) is 13.6 Å². The summed E-state index contributed by atoms with van der Waals surface area (Å²) in [6, 6.07) is 4.02. The number of rotatable bonds is 5. The first kappa shape index (κ1) is 17.4. The molecule has 2 N–H and O–H groups in total. The summed E-state index contributed by atoms with van der Waals surface area (Å²) in [5, 5.41) is 6.48. The van der Waals surface area contributed by atoms with Gasteiger partial charge in [0, 0.05) is 38.7 Å². The van der Waals surface area contributed by atoms with Gasteiger partial charge >= 0.3 is 0 Å². The van der Waals surface area contributed by atoms with Gasteiger partial charge in [0.25, 0.3) is 0 Å². The highest BCUT2D eigenvalue weighted by Crippen LogP contribution is 2.05. The highest BCUT2D eigenvalue weighted by atomic mass is 127. The van der Waals surface area contributed by atoms with Crippen LogP contribution >= 0.6 is 24.0 Å². The molecule has 2 aromatic heterocycles. The smallest absolute Gasteiger partial charge is 0.191 e. The van der Waals surface area contributed by atoms with Gasteiger partial charge in [0.05, 0.1) is 0 Å². The summed E-state index contributed by atoms with van der Waals surface area (Å²) in [4.78, 5) is 12.6. The molecule has 0 spiro atoms. The molecule has 6 nitrogen and oxygen atoms in total. The molecule has 0 aliphatic heterocycles. The molecule has 114 valence electrons. The Hall–Kier alpha value is -1.64. The monoisotopic (exact) mass is 400 g/mol. The molecule has 0 saturated carbocycles. The maximum atomic E-state index is 4.41. The highest BCUT2D eigenvalue weighted by Gasteiger charge is 2.00. The lowest BCUT2D eigenvalue weighted by Gasteiger charge is -2.11. The second-order valence-corrected chi connectivity index (χ2v) is 4.35. The first-order chi connectivity index (χ1) is 9.83. The third-order valence-corrected chi connectivity index (χ3v) is 2.80. The average molecular weight is 400 g/mol. The van der Waals surface area contributed by atoms with Crippen LogP contribution < -0.4 is 10.6 Å². The lowest BCUT2D eigenvalue weighted by Crippen LogP contribution is -2.37. The Morgan fingerprint density at radius 1 is 1.33 bits per heavy atom. The van der Waals surface area contributed by atoms with Crippen LogP contribution in [-0.2, 0) is 6.54 Å². The third-order valence-electron chi connectivity index (χ3n) is 2.80. The molecule has 0 aliphatic rings. The van der Waals surface area contributed by atoms with Gasteiger partial charge in [-0.3, -0.25) is 9.56 Å². The number of halogens is 1. The topological polar surface area (TPSA) is 67.1 Å². The molecule has 0 fully saturated rings. The van der Waals surface area contributed by atoms with Crippen molar-refractivity contribution in [3.8, 4) is 5.82 Å². The van der Waals surface area contributed by atoms with Gasteiger partial charge in [-0.25, -0.2) is 9.97 Å². The van der Waals surface area contributed by atoms with Gasteiger partial charge in [-0.05, 0) is 18.1 Å². The van der Waals surface area contributed by atoms with Crippen molar-refractivity contribution in [1.29, 1.82) is 0 Å². The largest absolute Gasteiger partial charge is 0.356 e. The molecule has 0 amide bonds. The second-order valence-electron chi connectivity index (χ2n) is 4.35. The Labute approximate surface area is 142 Å². The van der Waals surface area contributed by atoms with E-state index >= 15 is 0 Å². The minimum absolute atomic E-state index is 0. The molecule has 7 heteroatoms. The lowest BCUT2D eigenvalue weighted by molar-refractivity contribution is 0.779. The zero-order chi connectivity index (χ0) is 14.2. The Bertz CT molecular complexity index is 535. The fourth-order valence-corrected chi connectivity index (χ4v) is 1.72. The first-order valence-corrected chi connectivity index (χ1v) is 6.71. The van der Waals surface area contributed by atoms with Crippen molar-refractivity contribution < 1.29 is 0 Å². The van der Waals surface area contributed by atoms with E-state index in [0.29, 0.717) is 6.54 Å². The van der Waals surface area contributed by atoms with Gasteiger partial charge in [-0.15, -0.1) is 24.0 Å². The fourth-order valence-electron chi connectivity index (χ4n) is 1.72. The SMILES string of the molecule is CCCNC(=NC)NCc1ccc(-n2ccnc2)nc1.I. The second kappa shape index (κ2) is 9.32. The predicted octanol–water partition coefficient (Wildman–Crippen LogP) is 1.96. The van der Waals surface area contributed by atoms with E-state index in [9.17, 15) is 0 Å². The summed E-state index contributed by atoms with van der Waals surface area (Å²) in [6.07, 6.45) is 8.27. The summed E-state index contributed by atoms with van der Waals surface area (Å²) in [7, 11) is 1.77. The predicted molar refractivity (Wildman–Crippen MR) is 95.3 cm³/mol. The quantitative estimate of drug-likeness (QED) is 0.458.